The summed E-state index contributed by atoms with van der Waals surface area (Å²) in [6.07, 6.45) is -0.215. The van der Waals surface area contributed by atoms with E-state index in [0.29, 0.717) is 11.3 Å². The van der Waals surface area contributed by atoms with Gasteiger partial charge < -0.3 is 15.5 Å². The van der Waals surface area contributed by atoms with Crippen molar-refractivity contribution in [2.75, 3.05) is 5.32 Å². The average molecular weight is 449 g/mol. The summed E-state index contributed by atoms with van der Waals surface area (Å²) in [5, 5.41) is 6.73. The van der Waals surface area contributed by atoms with Crippen LogP contribution in [0, 0.1) is 6.92 Å². The number of thiophene rings is 1. The fourth-order valence-corrected chi connectivity index (χ4v) is 4.05. The minimum Gasteiger partial charge on any atom is -0.464 e. The number of anilines is 1. The van der Waals surface area contributed by atoms with Gasteiger partial charge >= 0.3 is 6.18 Å². The number of hydrogen-bond acceptors (Lipinski definition) is 6. The molecular formula is C19H14F3N5O3S. The largest absolute Gasteiger partial charge is 0.464 e. The zero-order valence-electron chi connectivity index (χ0n) is 15.9. The zero-order valence-corrected chi connectivity index (χ0v) is 16.7. The van der Waals surface area contributed by atoms with E-state index >= 15 is 0 Å². The molecule has 0 bridgehead atoms. The summed E-state index contributed by atoms with van der Waals surface area (Å²) in [6, 6.07) is 3.79. The van der Waals surface area contributed by atoms with Crippen molar-refractivity contribution in [1.82, 2.24) is 14.8 Å². The lowest BCUT2D eigenvalue weighted by Crippen LogP contribution is -2.21. The molecule has 0 radical (unpaired) electrons. The Kier molecular flexibility index (Phi) is 5.01. The molecule has 4 aromatic rings. The second-order valence-corrected chi connectivity index (χ2v) is 7.64. The van der Waals surface area contributed by atoms with E-state index in [-0.39, 0.29) is 38.6 Å². The molecule has 160 valence electrons. The van der Waals surface area contributed by atoms with Crippen LogP contribution in [0.25, 0.3) is 21.5 Å². The van der Waals surface area contributed by atoms with Crippen molar-refractivity contribution in [1.29, 1.82) is 0 Å². The van der Waals surface area contributed by atoms with Gasteiger partial charge in [0.1, 0.15) is 27.7 Å². The number of carbonyl (C=O) groups is 2. The Morgan fingerprint density at radius 3 is 2.71 bits per heavy atom. The molecule has 31 heavy (non-hydrogen) atoms. The lowest BCUT2D eigenvalue weighted by atomic mass is 10.1. The fraction of sp³-hybridized carbons (Fsp3) is 0.158. The number of nitrogens with zero attached hydrogens (tertiary/aromatic N) is 3. The van der Waals surface area contributed by atoms with Gasteiger partial charge in [0, 0.05) is 17.1 Å². The third kappa shape index (κ3) is 4.01. The molecule has 0 aromatic carbocycles. The Hall–Kier alpha value is -3.67. The minimum atomic E-state index is -4.73. The number of primary amides is 1. The van der Waals surface area contributed by atoms with Crippen molar-refractivity contribution in [3.8, 4) is 11.3 Å². The number of nitrogens with one attached hydrogen (secondary N) is 1. The number of fused-ring (bicyclic) bond motifs is 1. The molecule has 0 saturated heterocycles. The molecule has 2 amide bonds. The zero-order chi connectivity index (χ0) is 22.3. The van der Waals surface area contributed by atoms with E-state index in [1.54, 1.807) is 19.3 Å². The molecular weight excluding hydrogens is 435 g/mol. The van der Waals surface area contributed by atoms with Crippen molar-refractivity contribution in [3.63, 3.8) is 0 Å². The number of hydrogen-bond donors (Lipinski definition) is 2. The summed E-state index contributed by atoms with van der Waals surface area (Å²) in [6.45, 7) is 1.63. The second-order valence-electron chi connectivity index (χ2n) is 6.64. The average Bonchev–Trinajstić information content (AvgIpc) is 3.41. The molecule has 3 N–H and O–H groups in total. The lowest BCUT2D eigenvalue weighted by Gasteiger charge is -2.11. The molecule has 0 aliphatic carbocycles. The van der Waals surface area contributed by atoms with Gasteiger partial charge in [-0.2, -0.15) is 18.3 Å². The molecule has 0 unspecified atom stereocenters. The van der Waals surface area contributed by atoms with Gasteiger partial charge in [-0.25, -0.2) is 4.98 Å². The van der Waals surface area contributed by atoms with Crippen molar-refractivity contribution in [2.24, 2.45) is 5.73 Å². The van der Waals surface area contributed by atoms with E-state index < -0.39 is 23.7 Å². The number of furan rings is 1. The summed E-state index contributed by atoms with van der Waals surface area (Å²) in [5.74, 6) is -1.34. The first kappa shape index (κ1) is 20.6. The van der Waals surface area contributed by atoms with Crippen LogP contribution < -0.4 is 11.1 Å². The molecule has 0 atom stereocenters. The van der Waals surface area contributed by atoms with E-state index in [4.69, 9.17) is 10.2 Å². The minimum absolute atomic E-state index is 0.0194. The molecule has 12 heteroatoms. The number of amides is 2. The molecule has 0 saturated carbocycles. The number of nitrogens with two attached hydrogens (primary N) is 1. The van der Waals surface area contributed by atoms with E-state index in [1.165, 1.54) is 23.1 Å². The van der Waals surface area contributed by atoms with Crippen molar-refractivity contribution in [3.05, 3.63) is 53.0 Å². The molecule has 4 heterocycles. The molecule has 0 aliphatic heterocycles. The predicted molar refractivity (Wildman–Crippen MR) is 106 cm³/mol. The van der Waals surface area contributed by atoms with Crippen LogP contribution >= 0.6 is 11.3 Å². The van der Waals surface area contributed by atoms with Crippen LogP contribution in [-0.2, 0) is 17.5 Å². The highest BCUT2D eigenvalue weighted by Crippen LogP contribution is 2.43. The second kappa shape index (κ2) is 7.54. The van der Waals surface area contributed by atoms with Crippen molar-refractivity contribution < 1.29 is 27.2 Å². The van der Waals surface area contributed by atoms with Crippen LogP contribution in [0.2, 0.25) is 0 Å². The standard InChI is InChI=1S/C19H14F3N5O3S/c1-9-6-24-27(7-9)8-13(28)26-15-14-10(11-3-2-4-30-11)5-12(19(20,21)22)25-18(14)31-16(15)17(23)29/h2-7H,8H2,1H3,(H2,23,29)(H,26,28). The van der Waals surface area contributed by atoms with Gasteiger partial charge in [0.05, 0.1) is 18.1 Å². The van der Waals surface area contributed by atoms with Crippen molar-refractivity contribution >= 4 is 39.1 Å². The number of aromatic nitrogens is 3. The Balaban J connectivity index is 1.87. The summed E-state index contributed by atoms with van der Waals surface area (Å²) < 4.78 is 46.9. The first-order valence-electron chi connectivity index (χ1n) is 8.81. The fourth-order valence-electron chi connectivity index (χ4n) is 3.04. The summed E-state index contributed by atoms with van der Waals surface area (Å²) >= 11 is 0.662. The van der Waals surface area contributed by atoms with Crippen LogP contribution in [0.5, 0.6) is 0 Å². The van der Waals surface area contributed by atoms with Crippen molar-refractivity contribution in [2.45, 2.75) is 19.6 Å². The van der Waals surface area contributed by atoms with Crippen LogP contribution in [0.4, 0.5) is 18.9 Å². The lowest BCUT2D eigenvalue weighted by molar-refractivity contribution is -0.140. The number of halogens is 3. The van der Waals surface area contributed by atoms with Gasteiger partial charge in [-0.3, -0.25) is 14.3 Å². The number of aryl methyl sites for hydroxylation is 1. The van der Waals surface area contributed by atoms with Gasteiger partial charge in [0.25, 0.3) is 5.91 Å². The first-order valence-corrected chi connectivity index (χ1v) is 9.62. The maximum Gasteiger partial charge on any atom is 0.433 e. The van der Waals surface area contributed by atoms with Gasteiger partial charge in [0.2, 0.25) is 5.91 Å². The highest BCUT2D eigenvalue weighted by molar-refractivity contribution is 7.21. The summed E-state index contributed by atoms with van der Waals surface area (Å²) in [5.41, 5.74) is 5.12. The van der Waals surface area contributed by atoms with Crippen LogP contribution in [0.3, 0.4) is 0 Å². The highest BCUT2D eigenvalue weighted by atomic mass is 32.1. The van der Waals surface area contributed by atoms with E-state index in [1.807, 2.05) is 0 Å². The maximum absolute atomic E-state index is 13.4. The smallest absolute Gasteiger partial charge is 0.433 e. The molecule has 0 spiro atoms. The predicted octanol–water partition coefficient (Wildman–Crippen LogP) is 3.82. The van der Waals surface area contributed by atoms with Crippen LogP contribution in [0.15, 0.2) is 41.3 Å². The van der Waals surface area contributed by atoms with Crippen LogP contribution in [0.1, 0.15) is 20.9 Å². The third-order valence-corrected chi connectivity index (χ3v) is 5.39. The molecule has 4 aromatic heterocycles. The Bertz CT molecular complexity index is 1290. The third-order valence-electron chi connectivity index (χ3n) is 4.30. The van der Waals surface area contributed by atoms with Gasteiger partial charge in [-0.15, -0.1) is 11.3 Å². The maximum atomic E-state index is 13.4. The molecule has 8 nitrogen and oxygen atoms in total. The molecule has 4 rings (SSSR count). The normalized spacial score (nSPS) is 11.7. The SMILES string of the molecule is Cc1cnn(CC(=O)Nc2c(C(N)=O)sc3nc(C(F)(F)F)cc(-c4ccco4)c23)c1. The Morgan fingerprint density at radius 2 is 2.13 bits per heavy atom. The summed E-state index contributed by atoms with van der Waals surface area (Å²) in [7, 11) is 0. The number of rotatable bonds is 5. The van der Waals surface area contributed by atoms with E-state index in [0.717, 1.165) is 11.6 Å². The van der Waals surface area contributed by atoms with Gasteiger partial charge in [-0.1, -0.05) is 0 Å². The number of pyridine rings is 1. The topological polar surface area (TPSA) is 116 Å². The monoisotopic (exact) mass is 449 g/mol. The first-order chi connectivity index (χ1) is 14.6. The van der Waals surface area contributed by atoms with Crippen LogP contribution in [-0.4, -0.2) is 26.6 Å². The Labute approximate surface area is 176 Å². The number of alkyl halides is 3. The van der Waals surface area contributed by atoms with Gasteiger partial charge in [-0.05, 0) is 30.7 Å². The van der Waals surface area contributed by atoms with Gasteiger partial charge in [0.15, 0.2) is 0 Å². The van der Waals surface area contributed by atoms with E-state index in [9.17, 15) is 22.8 Å². The quantitative estimate of drug-likeness (QED) is 0.481. The molecule has 0 fully saturated rings. The molecule has 0 aliphatic rings. The number of carbonyl (C=O) groups excluding carboxylic acids is 2. The summed E-state index contributed by atoms with van der Waals surface area (Å²) in [4.78, 5) is 28.0. The highest BCUT2D eigenvalue weighted by Gasteiger charge is 2.35. The Morgan fingerprint density at radius 1 is 1.35 bits per heavy atom. The van der Waals surface area contributed by atoms with E-state index in [2.05, 4.69) is 15.4 Å².